The Hall–Kier alpha value is -1.05. The molecule has 0 aromatic rings. The fraction of sp³-hybridized carbons (Fsp3) is 0.545. The van der Waals surface area contributed by atoms with Gasteiger partial charge in [-0.3, -0.25) is 4.79 Å². The molecule has 0 aliphatic heterocycles. The molecule has 0 bridgehead atoms. The standard InChI is InChI=1S/C11H18O2/c1-7-11(4,5)9(8(2)3)10(12)13-6/h7,9H,1-2H2,3-6H3. The smallest absolute Gasteiger partial charge is 0.313 e. The first-order valence-corrected chi connectivity index (χ1v) is 4.23. The number of carbonyl (C=O) groups excluding carboxylic acids is 1. The van der Waals surface area contributed by atoms with Crippen LogP contribution in [-0.2, 0) is 9.53 Å². The minimum Gasteiger partial charge on any atom is -0.469 e. The zero-order valence-corrected chi connectivity index (χ0v) is 8.89. The number of rotatable bonds is 4. The highest BCUT2D eigenvalue weighted by molar-refractivity contribution is 5.76. The second-order valence-corrected chi connectivity index (χ2v) is 3.83. The molecule has 0 aliphatic carbocycles. The van der Waals surface area contributed by atoms with Gasteiger partial charge in [0, 0.05) is 0 Å². The van der Waals surface area contributed by atoms with Gasteiger partial charge in [-0.05, 0) is 12.3 Å². The third-order valence-electron chi connectivity index (χ3n) is 2.20. The summed E-state index contributed by atoms with van der Waals surface area (Å²) >= 11 is 0. The van der Waals surface area contributed by atoms with Crippen LogP contribution < -0.4 is 0 Å². The van der Waals surface area contributed by atoms with Crippen LogP contribution >= 0.6 is 0 Å². The maximum atomic E-state index is 11.4. The van der Waals surface area contributed by atoms with Crippen molar-refractivity contribution in [3.63, 3.8) is 0 Å². The van der Waals surface area contributed by atoms with E-state index in [4.69, 9.17) is 4.74 Å². The predicted molar refractivity (Wildman–Crippen MR) is 54.3 cm³/mol. The van der Waals surface area contributed by atoms with Crippen LogP contribution in [-0.4, -0.2) is 13.1 Å². The average Bonchev–Trinajstić information content (AvgIpc) is 2.03. The van der Waals surface area contributed by atoms with Gasteiger partial charge >= 0.3 is 5.97 Å². The van der Waals surface area contributed by atoms with Gasteiger partial charge in [-0.1, -0.05) is 32.1 Å². The summed E-state index contributed by atoms with van der Waals surface area (Å²) < 4.78 is 4.71. The normalized spacial score (nSPS) is 13.2. The first-order valence-electron chi connectivity index (χ1n) is 4.23. The quantitative estimate of drug-likeness (QED) is 0.493. The molecule has 0 heterocycles. The van der Waals surface area contributed by atoms with Gasteiger partial charge in [-0.15, -0.1) is 6.58 Å². The second-order valence-electron chi connectivity index (χ2n) is 3.83. The molecule has 0 radical (unpaired) electrons. The van der Waals surface area contributed by atoms with Crippen molar-refractivity contribution in [2.75, 3.05) is 7.11 Å². The topological polar surface area (TPSA) is 26.3 Å². The summed E-state index contributed by atoms with van der Waals surface area (Å²) in [5.74, 6) is -0.563. The lowest BCUT2D eigenvalue weighted by molar-refractivity contribution is -0.146. The molecule has 0 saturated heterocycles. The van der Waals surface area contributed by atoms with Crippen LogP contribution in [0.5, 0.6) is 0 Å². The van der Waals surface area contributed by atoms with E-state index in [0.29, 0.717) is 0 Å². The fourth-order valence-electron chi connectivity index (χ4n) is 1.38. The molecule has 2 nitrogen and oxygen atoms in total. The number of ether oxygens (including phenoxy) is 1. The van der Waals surface area contributed by atoms with Crippen molar-refractivity contribution in [3.8, 4) is 0 Å². The molecule has 13 heavy (non-hydrogen) atoms. The van der Waals surface area contributed by atoms with Crippen LogP contribution in [0, 0.1) is 11.3 Å². The molecule has 74 valence electrons. The summed E-state index contributed by atoms with van der Waals surface area (Å²) in [7, 11) is 1.39. The van der Waals surface area contributed by atoms with Crippen LogP contribution in [0.2, 0.25) is 0 Å². The zero-order valence-electron chi connectivity index (χ0n) is 8.89. The molecule has 0 rings (SSSR count). The maximum absolute atomic E-state index is 11.4. The Bertz CT molecular complexity index is 226. The minimum absolute atomic E-state index is 0.252. The van der Waals surface area contributed by atoms with Gasteiger partial charge < -0.3 is 4.74 Å². The van der Waals surface area contributed by atoms with Gasteiger partial charge in [0.15, 0.2) is 0 Å². The van der Waals surface area contributed by atoms with Gasteiger partial charge in [0.05, 0.1) is 13.0 Å². The summed E-state index contributed by atoms with van der Waals surface area (Å²) in [5, 5.41) is 0. The Kier molecular flexibility index (Phi) is 3.92. The van der Waals surface area contributed by atoms with Crippen molar-refractivity contribution < 1.29 is 9.53 Å². The van der Waals surface area contributed by atoms with Crippen molar-refractivity contribution in [1.82, 2.24) is 0 Å². The Morgan fingerprint density at radius 3 is 2.23 bits per heavy atom. The molecule has 0 N–H and O–H groups in total. The van der Waals surface area contributed by atoms with E-state index in [-0.39, 0.29) is 17.3 Å². The van der Waals surface area contributed by atoms with Gasteiger partial charge in [0.2, 0.25) is 0 Å². The Balaban J connectivity index is 4.92. The Morgan fingerprint density at radius 2 is 2.00 bits per heavy atom. The van der Waals surface area contributed by atoms with Crippen molar-refractivity contribution in [3.05, 3.63) is 24.8 Å². The van der Waals surface area contributed by atoms with Crippen molar-refractivity contribution in [2.45, 2.75) is 20.8 Å². The Morgan fingerprint density at radius 1 is 1.54 bits per heavy atom. The van der Waals surface area contributed by atoms with E-state index in [2.05, 4.69) is 13.2 Å². The highest BCUT2D eigenvalue weighted by Crippen LogP contribution is 2.33. The SMILES string of the molecule is C=CC(C)(C)C(C(=C)C)C(=O)OC. The molecular weight excluding hydrogens is 164 g/mol. The van der Waals surface area contributed by atoms with Crippen LogP contribution in [0.4, 0.5) is 0 Å². The summed E-state index contributed by atoms with van der Waals surface area (Å²) in [6, 6.07) is 0. The number of esters is 1. The van der Waals surface area contributed by atoms with E-state index in [1.807, 2.05) is 20.8 Å². The summed E-state index contributed by atoms with van der Waals surface area (Å²) in [6.45, 7) is 13.2. The highest BCUT2D eigenvalue weighted by Gasteiger charge is 2.34. The lowest BCUT2D eigenvalue weighted by atomic mass is 9.75. The highest BCUT2D eigenvalue weighted by atomic mass is 16.5. The third-order valence-corrected chi connectivity index (χ3v) is 2.20. The van der Waals surface area contributed by atoms with Crippen molar-refractivity contribution in [2.24, 2.45) is 11.3 Å². The molecule has 2 heteroatoms. The van der Waals surface area contributed by atoms with E-state index in [1.54, 1.807) is 6.08 Å². The summed E-state index contributed by atoms with van der Waals surface area (Å²) in [6.07, 6.45) is 1.75. The van der Waals surface area contributed by atoms with Gasteiger partial charge in [0.1, 0.15) is 0 Å². The molecular formula is C11H18O2. The van der Waals surface area contributed by atoms with Gasteiger partial charge in [0.25, 0.3) is 0 Å². The number of hydrogen-bond acceptors (Lipinski definition) is 2. The van der Waals surface area contributed by atoms with Crippen molar-refractivity contribution in [1.29, 1.82) is 0 Å². The van der Waals surface area contributed by atoms with Crippen LogP contribution in [0.15, 0.2) is 24.8 Å². The summed E-state index contributed by atoms with van der Waals surface area (Å²) in [4.78, 5) is 11.4. The minimum atomic E-state index is -0.310. The molecule has 0 fully saturated rings. The maximum Gasteiger partial charge on any atom is 0.313 e. The number of hydrogen-bond donors (Lipinski definition) is 0. The van der Waals surface area contributed by atoms with E-state index >= 15 is 0 Å². The van der Waals surface area contributed by atoms with E-state index in [1.165, 1.54) is 7.11 Å². The molecule has 0 aromatic heterocycles. The second kappa shape index (κ2) is 4.26. The van der Waals surface area contributed by atoms with Gasteiger partial charge in [-0.25, -0.2) is 0 Å². The van der Waals surface area contributed by atoms with Crippen LogP contribution in [0.3, 0.4) is 0 Å². The first-order chi connectivity index (χ1) is 5.86. The lowest BCUT2D eigenvalue weighted by Crippen LogP contribution is -2.31. The predicted octanol–water partition coefficient (Wildman–Crippen LogP) is 2.56. The average molecular weight is 182 g/mol. The first kappa shape index (κ1) is 11.9. The lowest BCUT2D eigenvalue weighted by Gasteiger charge is -2.29. The van der Waals surface area contributed by atoms with Gasteiger partial charge in [-0.2, -0.15) is 0 Å². The largest absolute Gasteiger partial charge is 0.469 e. The Labute approximate surface area is 80.3 Å². The zero-order chi connectivity index (χ0) is 10.6. The molecule has 1 atom stereocenters. The number of carbonyl (C=O) groups is 1. The third kappa shape index (κ3) is 2.72. The molecule has 0 saturated carbocycles. The molecule has 0 spiro atoms. The molecule has 1 unspecified atom stereocenters. The molecule has 0 amide bonds. The molecule has 0 aromatic carbocycles. The number of methoxy groups -OCH3 is 1. The van der Waals surface area contributed by atoms with Crippen LogP contribution in [0.1, 0.15) is 20.8 Å². The van der Waals surface area contributed by atoms with E-state index in [0.717, 1.165) is 5.57 Å². The summed E-state index contributed by atoms with van der Waals surface area (Å²) in [5.41, 5.74) is 0.496. The van der Waals surface area contributed by atoms with E-state index in [9.17, 15) is 4.79 Å². The van der Waals surface area contributed by atoms with Crippen molar-refractivity contribution >= 4 is 5.97 Å². The fourth-order valence-corrected chi connectivity index (χ4v) is 1.38. The molecule has 0 aliphatic rings. The monoisotopic (exact) mass is 182 g/mol. The van der Waals surface area contributed by atoms with Crippen LogP contribution in [0.25, 0.3) is 0 Å². The number of allylic oxidation sites excluding steroid dienone is 1. The van der Waals surface area contributed by atoms with E-state index < -0.39 is 0 Å².